The molecular formula is C9H9ClN4O3. The minimum Gasteiger partial charge on any atom is -0.481 e. The van der Waals surface area contributed by atoms with E-state index >= 15 is 0 Å². The van der Waals surface area contributed by atoms with Crippen molar-refractivity contribution in [3.05, 3.63) is 11.5 Å². The number of ether oxygens (including phenoxy) is 1. The number of halogens is 1. The number of carbonyl (C=O) groups is 1. The Labute approximate surface area is 101 Å². The van der Waals surface area contributed by atoms with Gasteiger partial charge in [-0.2, -0.15) is 10.1 Å². The molecule has 0 radical (unpaired) electrons. The number of aliphatic carboxylic acids is 1. The van der Waals surface area contributed by atoms with Gasteiger partial charge in [0, 0.05) is 0 Å². The molecule has 2 rings (SSSR count). The summed E-state index contributed by atoms with van der Waals surface area (Å²) >= 11 is 5.71. The molecule has 8 heteroatoms. The summed E-state index contributed by atoms with van der Waals surface area (Å²) < 4.78 is 6.56. The van der Waals surface area contributed by atoms with Gasteiger partial charge in [0.1, 0.15) is 11.0 Å². The molecule has 2 aromatic heterocycles. The van der Waals surface area contributed by atoms with Crippen LogP contribution >= 0.6 is 11.6 Å². The van der Waals surface area contributed by atoms with Gasteiger partial charge in [0.25, 0.3) is 0 Å². The van der Waals surface area contributed by atoms with E-state index in [1.165, 1.54) is 18.0 Å². The van der Waals surface area contributed by atoms with Gasteiger partial charge in [0.15, 0.2) is 0 Å². The first kappa shape index (κ1) is 11.6. The van der Waals surface area contributed by atoms with Crippen molar-refractivity contribution in [2.45, 2.75) is 13.0 Å². The third kappa shape index (κ3) is 2.28. The fourth-order valence-corrected chi connectivity index (χ4v) is 1.62. The fourth-order valence-electron chi connectivity index (χ4n) is 1.45. The quantitative estimate of drug-likeness (QED) is 0.820. The number of fused-ring (bicyclic) bond motifs is 1. The van der Waals surface area contributed by atoms with Crippen LogP contribution in [0.5, 0.6) is 5.88 Å². The van der Waals surface area contributed by atoms with Gasteiger partial charge >= 0.3 is 5.97 Å². The van der Waals surface area contributed by atoms with Crippen molar-refractivity contribution in [1.82, 2.24) is 19.7 Å². The SMILES string of the molecule is COc1nc(Cl)nc2cnn(CCC(=O)O)c12. The molecule has 0 saturated carbocycles. The van der Waals surface area contributed by atoms with Crippen LogP contribution in [0, 0.1) is 0 Å². The van der Waals surface area contributed by atoms with E-state index in [4.69, 9.17) is 21.4 Å². The van der Waals surface area contributed by atoms with Crippen molar-refractivity contribution < 1.29 is 14.6 Å². The van der Waals surface area contributed by atoms with E-state index in [1.54, 1.807) is 0 Å². The maximum atomic E-state index is 10.5. The van der Waals surface area contributed by atoms with Gasteiger partial charge in [-0.1, -0.05) is 0 Å². The van der Waals surface area contributed by atoms with E-state index in [1.807, 2.05) is 0 Å². The lowest BCUT2D eigenvalue weighted by Gasteiger charge is -2.05. The highest BCUT2D eigenvalue weighted by molar-refractivity contribution is 6.28. The lowest BCUT2D eigenvalue weighted by atomic mass is 10.4. The molecule has 0 spiro atoms. The summed E-state index contributed by atoms with van der Waals surface area (Å²) in [4.78, 5) is 18.4. The topological polar surface area (TPSA) is 90.1 Å². The van der Waals surface area contributed by atoms with Crippen molar-refractivity contribution >= 4 is 28.6 Å². The summed E-state index contributed by atoms with van der Waals surface area (Å²) in [5.41, 5.74) is 1.06. The molecule has 0 aliphatic rings. The number of methoxy groups -OCH3 is 1. The number of nitrogens with zero attached hydrogens (tertiary/aromatic N) is 4. The Kier molecular flexibility index (Phi) is 3.10. The molecule has 0 aliphatic heterocycles. The second kappa shape index (κ2) is 4.54. The second-order valence-corrected chi connectivity index (χ2v) is 3.59. The molecule has 0 atom stereocenters. The van der Waals surface area contributed by atoms with Crippen LogP contribution in [-0.4, -0.2) is 37.9 Å². The Bertz CT molecular complexity index is 569. The zero-order valence-electron chi connectivity index (χ0n) is 8.92. The zero-order valence-corrected chi connectivity index (χ0v) is 9.68. The van der Waals surface area contributed by atoms with Crippen LogP contribution in [0.3, 0.4) is 0 Å². The number of hydrogen-bond donors (Lipinski definition) is 1. The third-order valence-corrected chi connectivity index (χ3v) is 2.33. The number of rotatable bonds is 4. The molecule has 0 aliphatic carbocycles. The Morgan fingerprint density at radius 1 is 1.59 bits per heavy atom. The van der Waals surface area contributed by atoms with Gasteiger partial charge in [-0.05, 0) is 11.6 Å². The number of aromatic nitrogens is 4. The summed E-state index contributed by atoms with van der Waals surface area (Å²) in [6.45, 7) is 0.222. The molecule has 0 aromatic carbocycles. The van der Waals surface area contributed by atoms with Crippen molar-refractivity contribution in [3.8, 4) is 5.88 Å². The average Bonchev–Trinajstić information content (AvgIpc) is 2.68. The van der Waals surface area contributed by atoms with E-state index < -0.39 is 5.97 Å². The lowest BCUT2D eigenvalue weighted by Crippen LogP contribution is -2.07. The van der Waals surface area contributed by atoms with Crippen LogP contribution in [0.1, 0.15) is 6.42 Å². The van der Waals surface area contributed by atoms with E-state index in [0.717, 1.165) is 0 Å². The van der Waals surface area contributed by atoms with Gasteiger partial charge in [0.2, 0.25) is 11.2 Å². The van der Waals surface area contributed by atoms with Crippen molar-refractivity contribution in [2.75, 3.05) is 7.11 Å². The normalized spacial score (nSPS) is 10.7. The Balaban J connectivity index is 2.47. The molecule has 90 valence electrons. The first-order chi connectivity index (χ1) is 8.11. The highest BCUT2D eigenvalue weighted by Gasteiger charge is 2.13. The van der Waals surface area contributed by atoms with E-state index in [9.17, 15) is 4.79 Å². The average molecular weight is 257 g/mol. The minimum absolute atomic E-state index is 0.0391. The zero-order chi connectivity index (χ0) is 12.4. The van der Waals surface area contributed by atoms with Crippen LogP contribution in [0.25, 0.3) is 11.0 Å². The Morgan fingerprint density at radius 2 is 2.35 bits per heavy atom. The number of carboxylic acid groups (broad SMARTS) is 1. The first-order valence-corrected chi connectivity index (χ1v) is 5.14. The molecular weight excluding hydrogens is 248 g/mol. The number of aryl methyl sites for hydroxylation is 1. The maximum Gasteiger partial charge on any atom is 0.305 e. The Hall–Kier alpha value is -1.89. The second-order valence-electron chi connectivity index (χ2n) is 3.25. The van der Waals surface area contributed by atoms with E-state index in [-0.39, 0.29) is 24.1 Å². The predicted octanol–water partition coefficient (Wildman–Crippen LogP) is 0.963. The molecule has 0 fully saturated rings. The molecule has 0 saturated heterocycles. The van der Waals surface area contributed by atoms with Crippen molar-refractivity contribution in [2.24, 2.45) is 0 Å². The molecule has 17 heavy (non-hydrogen) atoms. The van der Waals surface area contributed by atoms with Crippen molar-refractivity contribution in [1.29, 1.82) is 0 Å². The summed E-state index contributed by atoms with van der Waals surface area (Å²) in [5.74, 6) is -0.620. The number of carboxylic acids is 1. The molecule has 0 unspecified atom stereocenters. The summed E-state index contributed by atoms with van der Waals surface area (Å²) in [7, 11) is 1.45. The van der Waals surface area contributed by atoms with Gasteiger partial charge in [0.05, 0.1) is 26.3 Å². The molecule has 7 nitrogen and oxygen atoms in total. The predicted molar refractivity (Wildman–Crippen MR) is 59.1 cm³/mol. The van der Waals surface area contributed by atoms with E-state index in [2.05, 4.69) is 15.1 Å². The van der Waals surface area contributed by atoms with Gasteiger partial charge in [-0.3, -0.25) is 9.48 Å². The molecule has 1 N–H and O–H groups in total. The standard InChI is InChI=1S/C9H9ClN4O3/c1-17-8-7-5(12-9(10)13-8)4-11-14(7)3-2-6(15)16/h4H,2-3H2,1H3,(H,15,16). The van der Waals surface area contributed by atoms with Gasteiger partial charge in [-0.15, -0.1) is 0 Å². The van der Waals surface area contributed by atoms with Crippen molar-refractivity contribution in [3.63, 3.8) is 0 Å². The smallest absolute Gasteiger partial charge is 0.305 e. The van der Waals surface area contributed by atoms with E-state index in [0.29, 0.717) is 11.0 Å². The van der Waals surface area contributed by atoms with Gasteiger partial charge < -0.3 is 9.84 Å². The summed E-state index contributed by atoms with van der Waals surface area (Å²) in [5, 5.41) is 12.7. The molecule has 2 heterocycles. The third-order valence-electron chi connectivity index (χ3n) is 2.16. The Morgan fingerprint density at radius 3 is 3.00 bits per heavy atom. The number of hydrogen-bond acceptors (Lipinski definition) is 5. The minimum atomic E-state index is -0.900. The maximum absolute atomic E-state index is 10.5. The van der Waals surface area contributed by atoms with Crippen LogP contribution in [-0.2, 0) is 11.3 Å². The summed E-state index contributed by atoms with van der Waals surface area (Å²) in [6, 6.07) is 0. The van der Waals surface area contributed by atoms with Crippen LogP contribution in [0.15, 0.2) is 6.20 Å². The van der Waals surface area contributed by atoms with Crippen LogP contribution < -0.4 is 4.74 Å². The fraction of sp³-hybridized carbons (Fsp3) is 0.333. The summed E-state index contributed by atoms with van der Waals surface area (Å²) in [6.07, 6.45) is 1.45. The van der Waals surface area contributed by atoms with Crippen LogP contribution in [0.2, 0.25) is 5.28 Å². The van der Waals surface area contributed by atoms with Crippen LogP contribution in [0.4, 0.5) is 0 Å². The lowest BCUT2D eigenvalue weighted by molar-refractivity contribution is -0.137. The highest BCUT2D eigenvalue weighted by atomic mass is 35.5. The monoisotopic (exact) mass is 256 g/mol. The largest absolute Gasteiger partial charge is 0.481 e. The molecule has 0 bridgehead atoms. The molecule has 2 aromatic rings. The highest BCUT2D eigenvalue weighted by Crippen LogP contribution is 2.23. The molecule has 0 amide bonds. The van der Waals surface area contributed by atoms with Gasteiger partial charge in [-0.25, -0.2) is 4.98 Å². The first-order valence-electron chi connectivity index (χ1n) is 4.76.